The molecule has 1 aromatic rings. The SMILES string of the molecule is O=C([O-])c1ccc(C(=O)[O-])c(S(=O)(=O)O)c1.[K+].[K+]. The summed E-state index contributed by atoms with van der Waals surface area (Å²) in [5.41, 5.74) is -1.40. The van der Waals surface area contributed by atoms with Crippen molar-refractivity contribution in [3.63, 3.8) is 0 Å². The first kappa shape index (κ1) is 21.6. The molecule has 86 valence electrons. The van der Waals surface area contributed by atoms with Crippen molar-refractivity contribution in [2.45, 2.75) is 4.90 Å². The molecule has 0 unspecified atom stereocenters. The monoisotopic (exact) mass is 322 g/mol. The van der Waals surface area contributed by atoms with Gasteiger partial charge in [0.05, 0.1) is 11.9 Å². The van der Waals surface area contributed by atoms with E-state index in [9.17, 15) is 28.2 Å². The van der Waals surface area contributed by atoms with Gasteiger partial charge in [0.25, 0.3) is 10.1 Å². The summed E-state index contributed by atoms with van der Waals surface area (Å²) in [6, 6.07) is 2.01. The third-order valence-electron chi connectivity index (χ3n) is 1.72. The fourth-order valence-corrected chi connectivity index (χ4v) is 1.74. The molecule has 0 aromatic heterocycles. The topological polar surface area (TPSA) is 135 Å². The normalized spacial score (nSPS) is 9.83. The zero-order chi connectivity index (χ0) is 12.5. The summed E-state index contributed by atoms with van der Waals surface area (Å²) in [5, 5.41) is 20.9. The zero-order valence-electron chi connectivity index (χ0n) is 9.54. The Balaban J connectivity index is 0. The molecule has 0 saturated carbocycles. The van der Waals surface area contributed by atoms with Crippen molar-refractivity contribution in [2.24, 2.45) is 0 Å². The Hall–Kier alpha value is 1.34. The van der Waals surface area contributed by atoms with Crippen LogP contribution in [0.3, 0.4) is 0 Å². The number of rotatable bonds is 3. The minimum absolute atomic E-state index is 0. The van der Waals surface area contributed by atoms with E-state index in [1.54, 1.807) is 0 Å². The first-order chi connectivity index (χ1) is 7.23. The molecule has 1 N–H and O–H groups in total. The number of carbonyl (C=O) groups is 2. The van der Waals surface area contributed by atoms with Gasteiger partial charge in [0.2, 0.25) is 0 Å². The van der Waals surface area contributed by atoms with Gasteiger partial charge in [0.15, 0.2) is 0 Å². The van der Waals surface area contributed by atoms with Gasteiger partial charge < -0.3 is 19.8 Å². The molecule has 0 spiro atoms. The third-order valence-corrected chi connectivity index (χ3v) is 2.61. The smallest absolute Gasteiger partial charge is 0.545 e. The quantitative estimate of drug-likeness (QED) is 0.431. The molecule has 0 fully saturated rings. The van der Waals surface area contributed by atoms with Crippen LogP contribution in [0.4, 0.5) is 0 Å². The van der Waals surface area contributed by atoms with Crippen LogP contribution in [0, 0.1) is 0 Å². The molecular weight excluding hydrogens is 318 g/mol. The molecule has 0 aliphatic carbocycles. The van der Waals surface area contributed by atoms with Gasteiger partial charge in [0, 0.05) is 5.56 Å². The van der Waals surface area contributed by atoms with E-state index in [0.29, 0.717) is 12.1 Å². The third kappa shape index (κ3) is 5.77. The van der Waals surface area contributed by atoms with Gasteiger partial charge in [0.1, 0.15) is 4.90 Å². The van der Waals surface area contributed by atoms with Crippen LogP contribution in [0.5, 0.6) is 0 Å². The standard InChI is InChI=1S/C8H6O7S.2K/c9-7(10)4-1-2-5(8(11)12)6(3-4)16(13,14)15;;/h1-3H,(H,9,10)(H,11,12)(H,13,14,15);;/q;2*+1/p-2. The number of hydrogen-bond acceptors (Lipinski definition) is 6. The minimum atomic E-state index is -4.85. The summed E-state index contributed by atoms with van der Waals surface area (Å²) in [6.07, 6.45) is 0. The van der Waals surface area contributed by atoms with Gasteiger partial charge in [-0.25, -0.2) is 0 Å². The van der Waals surface area contributed by atoms with E-state index in [1.165, 1.54) is 0 Å². The molecule has 10 heteroatoms. The molecule has 0 aliphatic rings. The maximum atomic E-state index is 10.8. The molecule has 18 heavy (non-hydrogen) atoms. The molecule has 0 radical (unpaired) electrons. The van der Waals surface area contributed by atoms with Crippen molar-refractivity contribution in [1.82, 2.24) is 0 Å². The number of benzene rings is 1. The second-order valence-corrected chi connectivity index (χ2v) is 4.15. The summed E-state index contributed by atoms with van der Waals surface area (Å²) in [6.45, 7) is 0. The minimum Gasteiger partial charge on any atom is -0.545 e. The second kappa shape index (κ2) is 8.59. The first-order valence-corrected chi connectivity index (χ1v) is 5.21. The Labute approximate surface area is 188 Å². The molecule has 0 saturated heterocycles. The van der Waals surface area contributed by atoms with Crippen LogP contribution in [-0.2, 0) is 10.1 Å². The van der Waals surface area contributed by atoms with Gasteiger partial charge in [-0.3, -0.25) is 4.55 Å². The van der Waals surface area contributed by atoms with Crippen LogP contribution < -0.4 is 113 Å². The number of hydrogen-bond donors (Lipinski definition) is 1. The molecule has 0 atom stereocenters. The summed E-state index contributed by atoms with van der Waals surface area (Å²) < 4.78 is 30.3. The maximum Gasteiger partial charge on any atom is 1.00 e. The van der Waals surface area contributed by atoms with E-state index < -0.39 is 38.1 Å². The van der Waals surface area contributed by atoms with Crippen LogP contribution in [0.25, 0.3) is 0 Å². The second-order valence-electron chi connectivity index (χ2n) is 2.76. The first-order valence-electron chi connectivity index (χ1n) is 3.77. The zero-order valence-corrected chi connectivity index (χ0v) is 16.6. The van der Waals surface area contributed by atoms with Crippen LogP contribution in [0.2, 0.25) is 0 Å². The largest absolute Gasteiger partial charge is 1.00 e. The molecule has 0 amide bonds. The summed E-state index contributed by atoms with van der Waals surface area (Å²) in [7, 11) is -4.85. The van der Waals surface area contributed by atoms with E-state index in [4.69, 9.17) is 4.55 Å². The molecule has 7 nitrogen and oxygen atoms in total. The Morgan fingerprint density at radius 2 is 1.56 bits per heavy atom. The molecule has 0 heterocycles. The number of carboxylic acids is 2. The Bertz CT molecular complexity index is 567. The number of carboxylic acid groups (broad SMARTS) is 2. The summed E-state index contributed by atoms with van der Waals surface area (Å²) in [5.74, 6) is -3.55. The van der Waals surface area contributed by atoms with Crippen LogP contribution in [-0.4, -0.2) is 24.9 Å². The van der Waals surface area contributed by atoms with Crippen molar-refractivity contribution in [1.29, 1.82) is 0 Å². The Kier molecular flexibility index (Phi) is 10.3. The summed E-state index contributed by atoms with van der Waals surface area (Å²) in [4.78, 5) is 19.9. The molecule has 0 aliphatic heterocycles. The Morgan fingerprint density at radius 1 is 1.06 bits per heavy atom. The molecule has 1 rings (SSSR count). The molecule has 0 bridgehead atoms. The van der Waals surface area contributed by atoms with Crippen molar-refractivity contribution >= 4 is 22.1 Å². The van der Waals surface area contributed by atoms with E-state index in [0.717, 1.165) is 6.07 Å². The molecular formula is C8H4K2O7S. The van der Waals surface area contributed by atoms with E-state index in [2.05, 4.69) is 0 Å². The van der Waals surface area contributed by atoms with Crippen molar-refractivity contribution in [3.8, 4) is 0 Å². The number of aromatic carboxylic acids is 2. The van der Waals surface area contributed by atoms with Crippen LogP contribution in [0.15, 0.2) is 23.1 Å². The maximum absolute atomic E-state index is 10.8. The van der Waals surface area contributed by atoms with Gasteiger partial charge >= 0.3 is 103 Å². The predicted molar refractivity (Wildman–Crippen MR) is 44.9 cm³/mol. The Morgan fingerprint density at radius 3 is 1.89 bits per heavy atom. The van der Waals surface area contributed by atoms with Crippen molar-refractivity contribution < 1.29 is 136 Å². The molecule has 1 aromatic carbocycles. The van der Waals surface area contributed by atoms with E-state index in [-0.39, 0.29) is 103 Å². The van der Waals surface area contributed by atoms with Gasteiger partial charge in [-0.1, -0.05) is 12.1 Å². The van der Waals surface area contributed by atoms with Crippen LogP contribution >= 0.6 is 0 Å². The van der Waals surface area contributed by atoms with Crippen LogP contribution in [0.1, 0.15) is 20.7 Å². The predicted octanol–water partition coefficient (Wildman–Crippen LogP) is -8.33. The van der Waals surface area contributed by atoms with Crippen molar-refractivity contribution in [3.05, 3.63) is 29.3 Å². The average molecular weight is 322 g/mol. The van der Waals surface area contributed by atoms with Gasteiger partial charge in [-0.05, 0) is 11.6 Å². The van der Waals surface area contributed by atoms with Gasteiger partial charge in [-0.2, -0.15) is 8.42 Å². The summed E-state index contributed by atoms with van der Waals surface area (Å²) >= 11 is 0. The number of carbonyl (C=O) groups excluding carboxylic acids is 2. The van der Waals surface area contributed by atoms with E-state index >= 15 is 0 Å². The van der Waals surface area contributed by atoms with E-state index in [1.807, 2.05) is 0 Å². The fraction of sp³-hybridized carbons (Fsp3) is 0. The van der Waals surface area contributed by atoms with Gasteiger partial charge in [-0.15, -0.1) is 0 Å². The average Bonchev–Trinajstić information content (AvgIpc) is 2.15. The fourth-order valence-electron chi connectivity index (χ4n) is 1.03. The van der Waals surface area contributed by atoms with Crippen molar-refractivity contribution in [2.75, 3.05) is 0 Å².